The number of nitrogens with one attached hydrogen (secondary N) is 1. The average molecular weight is 258 g/mol. The first-order chi connectivity index (χ1) is 7.89. The second-order valence-electron chi connectivity index (χ2n) is 3.63. The van der Waals surface area contributed by atoms with Gasteiger partial charge in [-0.3, -0.25) is 5.10 Å². The lowest BCUT2D eigenvalue weighted by atomic mass is 10.2. The van der Waals surface area contributed by atoms with Gasteiger partial charge < -0.3 is 0 Å². The topological polar surface area (TPSA) is 20.7 Å². The first-order valence-corrected chi connectivity index (χ1v) is 5.25. The molecule has 0 unspecified atom stereocenters. The number of halogens is 3. The quantitative estimate of drug-likeness (QED) is 0.770. The predicted molar refractivity (Wildman–Crippen MR) is 60.7 cm³/mol. The molecule has 2 nitrogen and oxygen atoms in total. The van der Waals surface area contributed by atoms with E-state index in [1.807, 2.05) is 19.1 Å². The Morgan fingerprint density at radius 1 is 1.24 bits per heavy atom. The number of benzene rings is 1. The standard InChI is InChI=1S/C11H9F3N2S/c1-7-4-2-3-5-8(7)16-10(17)6-9(15-16)11(12,13)14/h2-6,15H,1H3. The van der Waals surface area contributed by atoms with Crippen molar-refractivity contribution in [3.63, 3.8) is 0 Å². The third-order valence-electron chi connectivity index (χ3n) is 2.38. The van der Waals surface area contributed by atoms with Crippen molar-refractivity contribution in [2.24, 2.45) is 0 Å². The van der Waals surface area contributed by atoms with Gasteiger partial charge in [0.05, 0.1) is 5.69 Å². The van der Waals surface area contributed by atoms with Gasteiger partial charge in [-0.25, -0.2) is 4.68 Å². The number of nitrogens with zero attached hydrogens (tertiary/aromatic N) is 1. The van der Waals surface area contributed by atoms with Gasteiger partial charge in [-0.15, -0.1) is 0 Å². The third-order valence-corrected chi connectivity index (χ3v) is 2.68. The highest BCUT2D eigenvalue weighted by atomic mass is 32.1. The molecule has 0 aliphatic heterocycles. The summed E-state index contributed by atoms with van der Waals surface area (Å²) in [6.45, 7) is 1.81. The van der Waals surface area contributed by atoms with Gasteiger partial charge in [-0.2, -0.15) is 13.2 Å². The molecule has 1 aromatic heterocycles. The van der Waals surface area contributed by atoms with Gasteiger partial charge in [-0.1, -0.05) is 30.4 Å². The molecule has 1 heterocycles. The van der Waals surface area contributed by atoms with E-state index in [0.717, 1.165) is 11.6 Å². The monoisotopic (exact) mass is 258 g/mol. The zero-order chi connectivity index (χ0) is 12.6. The molecule has 0 saturated heterocycles. The fourth-order valence-corrected chi connectivity index (χ4v) is 1.80. The van der Waals surface area contributed by atoms with E-state index < -0.39 is 11.9 Å². The second kappa shape index (κ2) is 4.03. The summed E-state index contributed by atoms with van der Waals surface area (Å²) >= 11 is 4.92. The molecule has 0 spiro atoms. The van der Waals surface area contributed by atoms with Gasteiger partial charge in [0.25, 0.3) is 0 Å². The van der Waals surface area contributed by atoms with Crippen LogP contribution in [0, 0.1) is 11.6 Å². The molecule has 2 rings (SSSR count). The molecule has 1 N–H and O–H groups in total. The molecule has 0 radical (unpaired) electrons. The fraction of sp³-hybridized carbons (Fsp3) is 0.182. The highest BCUT2D eigenvalue weighted by molar-refractivity contribution is 7.71. The minimum atomic E-state index is -4.42. The molecule has 2 aromatic rings. The average Bonchev–Trinajstić information content (AvgIpc) is 2.61. The summed E-state index contributed by atoms with van der Waals surface area (Å²) in [5.41, 5.74) is 0.623. The normalized spacial score (nSPS) is 11.8. The van der Waals surface area contributed by atoms with Gasteiger partial charge in [-0.05, 0) is 18.6 Å². The minimum Gasteiger partial charge on any atom is -0.288 e. The summed E-state index contributed by atoms with van der Waals surface area (Å²) in [5.74, 6) is 0. The highest BCUT2D eigenvalue weighted by Gasteiger charge is 2.33. The van der Waals surface area contributed by atoms with Crippen LogP contribution in [0.25, 0.3) is 5.69 Å². The molecule has 90 valence electrons. The van der Waals surface area contributed by atoms with Crippen LogP contribution in [0.1, 0.15) is 11.3 Å². The molecule has 0 bridgehead atoms. The van der Waals surface area contributed by atoms with Crippen LogP contribution in [-0.4, -0.2) is 9.78 Å². The van der Waals surface area contributed by atoms with Gasteiger partial charge in [0, 0.05) is 6.07 Å². The van der Waals surface area contributed by atoms with Gasteiger partial charge >= 0.3 is 6.18 Å². The number of para-hydroxylation sites is 1. The zero-order valence-corrected chi connectivity index (χ0v) is 9.69. The van der Waals surface area contributed by atoms with Gasteiger partial charge in [0.1, 0.15) is 10.3 Å². The lowest BCUT2D eigenvalue weighted by Crippen LogP contribution is -2.07. The van der Waals surface area contributed by atoms with Crippen LogP contribution in [0.5, 0.6) is 0 Å². The van der Waals surface area contributed by atoms with E-state index in [4.69, 9.17) is 12.2 Å². The molecule has 0 saturated carbocycles. The van der Waals surface area contributed by atoms with Crippen molar-refractivity contribution >= 4 is 12.2 Å². The molecular weight excluding hydrogens is 249 g/mol. The summed E-state index contributed by atoms with van der Waals surface area (Å²) in [6, 6.07) is 8.00. The minimum absolute atomic E-state index is 0.103. The van der Waals surface area contributed by atoms with Crippen LogP contribution in [-0.2, 0) is 6.18 Å². The molecule has 17 heavy (non-hydrogen) atoms. The smallest absolute Gasteiger partial charge is 0.288 e. The first kappa shape index (κ1) is 11.9. The third kappa shape index (κ3) is 2.26. The van der Waals surface area contributed by atoms with Crippen molar-refractivity contribution in [1.29, 1.82) is 0 Å². The summed E-state index contributed by atoms with van der Waals surface area (Å²) < 4.78 is 38.9. The van der Waals surface area contributed by atoms with E-state index >= 15 is 0 Å². The molecule has 0 atom stereocenters. The Morgan fingerprint density at radius 3 is 2.41 bits per heavy atom. The molecule has 0 fully saturated rings. The van der Waals surface area contributed by atoms with E-state index in [1.54, 1.807) is 12.1 Å². The predicted octanol–water partition coefficient (Wildman–Crippen LogP) is 3.86. The SMILES string of the molecule is Cc1ccccc1-n1[nH]c(C(F)(F)F)cc1=S. The maximum absolute atomic E-state index is 12.5. The number of aromatic amines is 1. The Kier molecular flexibility index (Phi) is 2.82. The Morgan fingerprint density at radius 2 is 1.88 bits per heavy atom. The van der Waals surface area contributed by atoms with Crippen molar-refractivity contribution in [2.45, 2.75) is 13.1 Å². The van der Waals surface area contributed by atoms with E-state index in [1.165, 1.54) is 4.68 Å². The van der Waals surface area contributed by atoms with E-state index in [-0.39, 0.29) is 4.64 Å². The lowest BCUT2D eigenvalue weighted by Gasteiger charge is -2.07. The van der Waals surface area contributed by atoms with Crippen LogP contribution < -0.4 is 0 Å². The summed E-state index contributed by atoms with van der Waals surface area (Å²) in [4.78, 5) is 0. The van der Waals surface area contributed by atoms with Crippen LogP contribution in [0.4, 0.5) is 13.2 Å². The lowest BCUT2D eigenvalue weighted by molar-refractivity contribution is -0.141. The Labute approximate surface area is 101 Å². The number of aryl methyl sites for hydroxylation is 1. The van der Waals surface area contributed by atoms with E-state index in [9.17, 15) is 13.2 Å². The Balaban J connectivity index is 2.59. The number of rotatable bonds is 1. The number of hydrogen-bond donors (Lipinski definition) is 1. The number of hydrogen-bond acceptors (Lipinski definition) is 1. The number of aromatic nitrogens is 2. The number of H-pyrrole nitrogens is 1. The van der Waals surface area contributed by atoms with Crippen molar-refractivity contribution in [2.75, 3.05) is 0 Å². The van der Waals surface area contributed by atoms with Crippen molar-refractivity contribution in [3.8, 4) is 5.69 Å². The largest absolute Gasteiger partial charge is 0.432 e. The van der Waals surface area contributed by atoms with Crippen LogP contribution in [0.2, 0.25) is 0 Å². The molecule has 6 heteroatoms. The molecule has 0 aliphatic rings. The molecule has 1 aromatic carbocycles. The van der Waals surface area contributed by atoms with Crippen molar-refractivity contribution in [3.05, 3.63) is 46.2 Å². The molecule has 0 amide bonds. The first-order valence-electron chi connectivity index (χ1n) is 4.85. The summed E-state index contributed by atoms with van der Waals surface area (Å²) in [6.07, 6.45) is -4.42. The fourth-order valence-electron chi connectivity index (χ4n) is 1.53. The van der Waals surface area contributed by atoms with Crippen molar-refractivity contribution < 1.29 is 13.2 Å². The summed E-state index contributed by atoms with van der Waals surface area (Å²) in [5, 5.41) is 2.27. The van der Waals surface area contributed by atoms with E-state index in [0.29, 0.717) is 5.69 Å². The second-order valence-corrected chi connectivity index (χ2v) is 4.05. The maximum Gasteiger partial charge on any atom is 0.432 e. The van der Waals surface area contributed by atoms with E-state index in [2.05, 4.69) is 5.10 Å². The number of alkyl halides is 3. The molecular formula is C11H9F3N2S. The maximum atomic E-state index is 12.5. The Bertz CT molecular complexity index is 595. The van der Waals surface area contributed by atoms with Crippen molar-refractivity contribution in [1.82, 2.24) is 9.78 Å². The summed E-state index contributed by atoms with van der Waals surface area (Å²) in [7, 11) is 0. The van der Waals surface area contributed by atoms with Gasteiger partial charge in [0.2, 0.25) is 0 Å². The molecule has 0 aliphatic carbocycles. The van der Waals surface area contributed by atoms with Crippen LogP contribution >= 0.6 is 12.2 Å². The van der Waals surface area contributed by atoms with Gasteiger partial charge in [0.15, 0.2) is 0 Å². The Hall–Kier alpha value is -1.56. The highest BCUT2D eigenvalue weighted by Crippen LogP contribution is 2.28. The zero-order valence-electron chi connectivity index (χ0n) is 8.88. The van der Waals surface area contributed by atoms with Crippen LogP contribution in [0.15, 0.2) is 30.3 Å². The van der Waals surface area contributed by atoms with Crippen LogP contribution in [0.3, 0.4) is 0 Å².